The van der Waals surface area contributed by atoms with Crippen LogP contribution in [0.3, 0.4) is 0 Å². The monoisotopic (exact) mass is 426 g/mol. The summed E-state index contributed by atoms with van der Waals surface area (Å²) < 4.78 is 11.9. The molecule has 0 aromatic heterocycles. The van der Waals surface area contributed by atoms with Gasteiger partial charge in [0.2, 0.25) is 0 Å². The molecule has 0 fully saturated rings. The van der Waals surface area contributed by atoms with E-state index in [0.29, 0.717) is 6.61 Å². The summed E-state index contributed by atoms with van der Waals surface area (Å²) >= 11 is 0. The van der Waals surface area contributed by atoms with Crippen LogP contribution in [-0.4, -0.2) is 23.2 Å². The minimum absolute atomic E-state index is 0.0533. The minimum Gasteiger partial charge on any atom is -0.426 e. The predicted octanol–water partition coefficient (Wildman–Crippen LogP) is 6.78. The average molecular weight is 427 g/mol. The fraction of sp³-hybridized carbons (Fsp3) is 0.750. The maximum atomic E-state index is 10.7. The molecule has 2 atom stereocenters. The Hall–Kier alpha value is -0.670. The molecule has 1 aromatic carbocycles. The second kappa shape index (κ2) is 10.6. The summed E-state index contributed by atoms with van der Waals surface area (Å²) in [7, 11) is -2.10. The normalized spacial score (nSPS) is 15.8. The standard InChI is InChI=1S/C24H43O4P/c1-10-12-13-24(11-2,16-25)17-27-29(26)28-21-19(22(4,5)6)14-18(3)15-20(21)23(7,8)9/h14-15,25-26H,10-13,16-17H2,1-9H3. The van der Waals surface area contributed by atoms with Gasteiger partial charge in [0.25, 0.3) is 0 Å². The van der Waals surface area contributed by atoms with Crippen molar-refractivity contribution in [3.05, 3.63) is 28.8 Å². The number of hydrogen-bond acceptors (Lipinski definition) is 4. The van der Waals surface area contributed by atoms with Gasteiger partial charge in [0.05, 0.1) is 13.2 Å². The summed E-state index contributed by atoms with van der Waals surface area (Å²) in [6.45, 7) is 19.6. The quantitative estimate of drug-likeness (QED) is 0.405. The van der Waals surface area contributed by atoms with E-state index in [1.807, 2.05) is 0 Å². The topological polar surface area (TPSA) is 58.9 Å². The fourth-order valence-electron chi connectivity index (χ4n) is 3.42. The van der Waals surface area contributed by atoms with Crippen LogP contribution in [0.15, 0.2) is 12.1 Å². The molecule has 0 saturated heterocycles. The molecular formula is C24H43O4P. The van der Waals surface area contributed by atoms with E-state index < -0.39 is 8.60 Å². The van der Waals surface area contributed by atoms with Crippen LogP contribution in [0.2, 0.25) is 0 Å². The number of aliphatic hydroxyl groups excluding tert-OH is 1. The Labute approximate surface area is 180 Å². The highest BCUT2D eigenvalue weighted by molar-refractivity contribution is 7.41. The molecule has 0 aliphatic rings. The molecule has 4 nitrogen and oxygen atoms in total. The van der Waals surface area contributed by atoms with Crippen LogP contribution >= 0.6 is 8.60 Å². The van der Waals surface area contributed by atoms with Gasteiger partial charge in [-0.05, 0) is 30.6 Å². The van der Waals surface area contributed by atoms with E-state index in [2.05, 4.69) is 74.4 Å². The largest absolute Gasteiger partial charge is 0.426 e. The van der Waals surface area contributed by atoms with E-state index in [9.17, 15) is 10.00 Å². The maximum Gasteiger partial charge on any atom is 0.394 e. The van der Waals surface area contributed by atoms with E-state index in [-0.39, 0.29) is 22.9 Å². The molecule has 168 valence electrons. The third-order valence-corrected chi connectivity index (χ3v) is 6.33. The zero-order chi connectivity index (χ0) is 22.5. The zero-order valence-corrected chi connectivity index (χ0v) is 20.9. The van der Waals surface area contributed by atoms with Gasteiger partial charge in [0.15, 0.2) is 0 Å². The van der Waals surface area contributed by atoms with E-state index in [1.54, 1.807) is 0 Å². The molecule has 5 heteroatoms. The summed E-state index contributed by atoms with van der Waals surface area (Å²) in [5, 5.41) is 9.94. The van der Waals surface area contributed by atoms with Crippen molar-refractivity contribution in [3.63, 3.8) is 0 Å². The van der Waals surface area contributed by atoms with E-state index >= 15 is 0 Å². The molecule has 0 spiro atoms. The third kappa shape index (κ3) is 7.51. The lowest BCUT2D eigenvalue weighted by molar-refractivity contribution is 0.0481. The Balaban J connectivity index is 3.15. The lowest BCUT2D eigenvalue weighted by Gasteiger charge is -2.33. The van der Waals surface area contributed by atoms with Crippen molar-refractivity contribution in [1.29, 1.82) is 0 Å². The van der Waals surface area contributed by atoms with Crippen molar-refractivity contribution >= 4 is 8.60 Å². The summed E-state index contributed by atoms with van der Waals surface area (Å²) in [5.41, 5.74) is 2.74. The second-order valence-corrected chi connectivity index (χ2v) is 11.3. The Bertz CT molecular complexity index is 604. The van der Waals surface area contributed by atoms with Gasteiger partial charge < -0.3 is 19.0 Å². The van der Waals surface area contributed by atoms with Crippen molar-refractivity contribution in [2.75, 3.05) is 13.2 Å². The Morgan fingerprint density at radius 1 is 0.966 bits per heavy atom. The predicted molar refractivity (Wildman–Crippen MR) is 124 cm³/mol. The molecule has 1 aromatic rings. The Morgan fingerprint density at radius 3 is 1.86 bits per heavy atom. The smallest absolute Gasteiger partial charge is 0.394 e. The highest BCUT2D eigenvalue weighted by Crippen LogP contribution is 2.47. The molecule has 2 unspecified atom stereocenters. The van der Waals surface area contributed by atoms with E-state index in [0.717, 1.165) is 42.6 Å². The molecule has 0 amide bonds. The molecule has 0 bridgehead atoms. The van der Waals surface area contributed by atoms with Crippen molar-refractivity contribution in [2.24, 2.45) is 5.41 Å². The highest BCUT2D eigenvalue weighted by atomic mass is 31.2. The van der Waals surface area contributed by atoms with Crippen molar-refractivity contribution in [2.45, 2.75) is 98.8 Å². The van der Waals surface area contributed by atoms with Crippen molar-refractivity contribution in [1.82, 2.24) is 0 Å². The lowest BCUT2D eigenvalue weighted by atomic mass is 9.78. The maximum absolute atomic E-state index is 10.7. The molecule has 29 heavy (non-hydrogen) atoms. The summed E-state index contributed by atoms with van der Waals surface area (Å²) in [5.74, 6) is 0.726. The zero-order valence-electron chi connectivity index (χ0n) is 20.1. The fourth-order valence-corrected chi connectivity index (χ4v) is 4.21. The van der Waals surface area contributed by atoms with Crippen LogP contribution in [-0.2, 0) is 15.4 Å². The van der Waals surface area contributed by atoms with Gasteiger partial charge in [-0.2, -0.15) is 0 Å². The van der Waals surface area contributed by atoms with Crippen molar-refractivity contribution < 1.29 is 19.0 Å². The summed E-state index contributed by atoms with van der Waals surface area (Å²) in [6.07, 6.45) is 3.78. The first-order chi connectivity index (χ1) is 13.3. The summed E-state index contributed by atoms with van der Waals surface area (Å²) in [6, 6.07) is 4.28. The van der Waals surface area contributed by atoms with Gasteiger partial charge >= 0.3 is 8.60 Å². The average Bonchev–Trinajstić information content (AvgIpc) is 2.62. The molecular weight excluding hydrogens is 383 g/mol. The van der Waals surface area contributed by atoms with Crippen LogP contribution in [0.4, 0.5) is 0 Å². The summed E-state index contributed by atoms with van der Waals surface area (Å²) in [4.78, 5) is 10.7. The molecule has 0 aliphatic carbocycles. The van der Waals surface area contributed by atoms with Gasteiger partial charge in [-0.25, -0.2) is 0 Å². The van der Waals surface area contributed by atoms with Crippen molar-refractivity contribution in [3.8, 4) is 5.75 Å². The van der Waals surface area contributed by atoms with Gasteiger partial charge in [0.1, 0.15) is 5.75 Å². The molecule has 0 saturated carbocycles. The molecule has 1 rings (SSSR count). The number of hydrogen-bond donors (Lipinski definition) is 2. The molecule has 0 heterocycles. The molecule has 0 radical (unpaired) electrons. The number of rotatable bonds is 10. The highest BCUT2D eigenvalue weighted by Gasteiger charge is 2.32. The van der Waals surface area contributed by atoms with Gasteiger partial charge in [-0.15, -0.1) is 0 Å². The van der Waals surface area contributed by atoms with E-state index in [1.165, 1.54) is 5.56 Å². The van der Waals surface area contributed by atoms with Crippen LogP contribution in [0, 0.1) is 12.3 Å². The third-order valence-electron chi connectivity index (χ3n) is 5.65. The number of benzene rings is 1. The van der Waals surface area contributed by atoms with Gasteiger partial charge in [0, 0.05) is 16.5 Å². The second-order valence-electron chi connectivity index (χ2n) is 10.4. The van der Waals surface area contributed by atoms with Crippen LogP contribution in [0.25, 0.3) is 0 Å². The van der Waals surface area contributed by atoms with E-state index in [4.69, 9.17) is 9.05 Å². The Morgan fingerprint density at radius 2 is 1.48 bits per heavy atom. The molecule has 0 aliphatic heterocycles. The van der Waals surface area contributed by atoms with Gasteiger partial charge in [-0.1, -0.05) is 85.9 Å². The van der Waals surface area contributed by atoms with Crippen LogP contribution in [0.5, 0.6) is 5.75 Å². The first kappa shape index (κ1) is 26.4. The SMILES string of the molecule is CCCCC(CC)(CO)COP(O)Oc1c(C(C)(C)C)cc(C)cc1C(C)(C)C. The number of aryl methyl sites for hydroxylation is 1. The van der Waals surface area contributed by atoms with Gasteiger partial charge in [-0.3, -0.25) is 0 Å². The lowest BCUT2D eigenvalue weighted by Crippen LogP contribution is -2.30. The number of aliphatic hydroxyl groups is 1. The minimum atomic E-state index is -2.10. The first-order valence-corrected chi connectivity index (χ1v) is 12.0. The van der Waals surface area contributed by atoms with Crippen LogP contribution < -0.4 is 4.52 Å². The molecule has 2 N–H and O–H groups in total. The van der Waals surface area contributed by atoms with Crippen LogP contribution in [0.1, 0.15) is 97.8 Å². The first-order valence-electron chi connectivity index (χ1n) is 10.9. The Kier molecular flexibility index (Phi) is 9.61. The number of unbranched alkanes of at least 4 members (excludes halogenated alkanes) is 1.